The highest BCUT2D eigenvalue weighted by molar-refractivity contribution is 5.89. The summed E-state index contributed by atoms with van der Waals surface area (Å²) in [5, 5.41) is 2.99. The summed E-state index contributed by atoms with van der Waals surface area (Å²) < 4.78 is 6.26. The summed E-state index contributed by atoms with van der Waals surface area (Å²) in [6.45, 7) is 3.99. The molecule has 2 rings (SSSR count). The molecule has 2 heterocycles. The number of aromatic nitrogens is 2. The number of rotatable bonds is 4. The van der Waals surface area contributed by atoms with Crippen molar-refractivity contribution in [2.75, 3.05) is 12.4 Å². The summed E-state index contributed by atoms with van der Waals surface area (Å²) >= 11 is 0. The lowest BCUT2D eigenvalue weighted by atomic mass is 10.1. The van der Waals surface area contributed by atoms with Crippen LogP contribution in [-0.2, 0) is 18.2 Å². The molecule has 22 heavy (non-hydrogen) atoms. The standard InChI is InChI=1S/C16H19N3O3/c1-5-13-10(2)8-12(15(20)19(13)3)18-14-7-6-11(9-17-14)16(21)22-4/h6-9H,5H2,1-4H3,(H,17,18). The normalized spacial score (nSPS) is 10.4. The summed E-state index contributed by atoms with van der Waals surface area (Å²) in [4.78, 5) is 27.8. The predicted molar refractivity (Wildman–Crippen MR) is 84.7 cm³/mol. The second kappa shape index (κ2) is 6.43. The van der Waals surface area contributed by atoms with E-state index in [4.69, 9.17) is 0 Å². The molecule has 0 bridgehead atoms. The van der Waals surface area contributed by atoms with Crippen LogP contribution in [0.1, 0.15) is 28.5 Å². The van der Waals surface area contributed by atoms with Gasteiger partial charge in [0.15, 0.2) is 0 Å². The quantitative estimate of drug-likeness (QED) is 0.876. The van der Waals surface area contributed by atoms with Gasteiger partial charge in [-0.05, 0) is 37.1 Å². The molecule has 0 atom stereocenters. The van der Waals surface area contributed by atoms with E-state index in [1.807, 2.05) is 19.9 Å². The van der Waals surface area contributed by atoms with Crippen molar-refractivity contribution in [1.29, 1.82) is 0 Å². The summed E-state index contributed by atoms with van der Waals surface area (Å²) in [5.41, 5.74) is 2.75. The van der Waals surface area contributed by atoms with Crippen LogP contribution in [0.25, 0.3) is 0 Å². The van der Waals surface area contributed by atoms with Crippen LogP contribution in [0.4, 0.5) is 11.5 Å². The number of esters is 1. The number of hydrogen-bond donors (Lipinski definition) is 1. The minimum absolute atomic E-state index is 0.110. The Bertz CT molecular complexity index is 748. The number of carbonyl (C=O) groups is 1. The maximum absolute atomic E-state index is 12.3. The Labute approximate surface area is 128 Å². The van der Waals surface area contributed by atoms with Gasteiger partial charge < -0.3 is 14.6 Å². The fourth-order valence-corrected chi connectivity index (χ4v) is 2.38. The maximum Gasteiger partial charge on any atom is 0.339 e. The van der Waals surface area contributed by atoms with Gasteiger partial charge in [-0.2, -0.15) is 0 Å². The third-order valence-electron chi connectivity index (χ3n) is 3.54. The molecule has 2 aromatic heterocycles. The number of ether oxygens (including phenoxy) is 1. The lowest BCUT2D eigenvalue weighted by Gasteiger charge is -2.13. The maximum atomic E-state index is 12.3. The molecule has 0 unspecified atom stereocenters. The first-order chi connectivity index (χ1) is 10.5. The average molecular weight is 301 g/mol. The molecule has 2 aromatic rings. The smallest absolute Gasteiger partial charge is 0.339 e. The lowest BCUT2D eigenvalue weighted by Crippen LogP contribution is -2.23. The molecule has 0 aliphatic carbocycles. The van der Waals surface area contributed by atoms with Crippen molar-refractivity contribution < 1.29 is 9.53 Å². The van der Waals surface area contributed by atoms with Crippen molar-refractivity contribution in [3.8, 4) is 0 Å². The van der Waals surface area contributed by atoms with E-state index in [2.05, 4.69) is 15.0 Å². The molecule has 0 fully saturated rings. The summed E-state index contributed by atoms with van der Waals surface area (Å²) in [6, 6.07) is 5.05. The van der Waals surface area contributed by atoms with Crippen LogP contribution < -0.4 is 10.9 Å². The fourth-order valence-electron chi connectivity index (χ4n) is 2.38. The molecule has 6 nitrogen and oxygen atoms in total. The van der Waals surface area contributed by atoms with Crippen LogP contribution >= 0.6 is 0 Å². The van der Waals surface area contributed by atoms with E-state index in [0.717, 1.165) is 17.7 Å². The Morgan fingerprint density at radius 1 is 1.41 bits per heavy atom. The third-order valence-corrected chi connectivity index (χ3v) is 3.54. The molecule has 0 saturated carbocycles. The van der Waals surface area contributed by atoms with E-state index in [1.165, 1.54) is 13.3 Å². The minimum atomic E-state index is -0.446. The van der Waals surface area contributed by atoms with E-state index in [1.54, 1.807) is 23.7 Å². The number of methoxy groups -OCH3 is 1. The highest BCUT2D eigenvalue weighted by Gasteiger charge is 2.10. The van der Waals surface area contributed by atoms with Gasteiger partial charge >= 0.3 is 5.97 Å². The van der Waals surface area contributed by atoms with E-state index >= 15 is 0 Å². The first-order valence-corrected chi connectivity index (χ1v) is 6.98. The third kappa shape index (κ3) is 3.00. The second-order valence-electron chi connectivity index (χ2n) is 4.95. The van der Waals surface area contributed by atoms with Gasteiger partial charge in [0.25, 0.3) is 5.56 Å². The van der Waals surface area contributed by atoms with E-state index in [0.29, 0.717) is 17.1 Å². The molecule has 0 aliphatic rings. The van der Waals surface area contributed by atoms with Crippen LogP contribution in [0.5, 0.6) is 0 Å². The highest BCUT2D eigenvalue weighted by Crippen LogP contribution is 2.15. The topological polar surface area (TPSA) is 73.2 Å². The molecule has 0 aromatic carbocycles. The molecule has 0 radical (unpaired) electrons. The summed E-state index contributed by atoms with van der Waals surface area (Å²) in [7, 11) is 3.07. The van der Waals surface area contributed by atoms with Crippen molar-refractivity contribution in [2.24, 2.45) is 7.05 Å². The molecule has 1 N–H and O–H groups in total. The van der Waals surface area contributed by atoms with Gasteiger partial charge in [0.05, 0.1) is 12.7 Å². The van der Waals surface area contributed by atoms with Gasteiger partial charge in [-0.3, -0.25) is 4.79 Å². The molecule has 6 heteroatoms. The van der Waals surface area contributed by atoms with E-state index in [-0.39, 0.29) is 5.56 Å². The van der Waals surface area contributed by atoms with Crippen molar-refractivity contribution in [2.45, 2.75) is 20.3 Å². The summed E-state index contributed by atoms with van der Waals surface area (Å²) in [6.07, 6.45) is 2.20. The second-order valence-corrected chi connectivity index (χ2v) is 4.95. The zero-order chi connectivity index (χ0) is 16.3. The minimum Gasteiger partial charge on any atom is -0.465 e. The van der Waals surface area contributed by atoms with Gasteiger partial charge in [-0.25, -0.2) is 9.78 Å². The molecular formula is C16H19N3O3. The molecule has 0 amide bonds. The Kier molecular flexibility index (Phi) is 4.60. The fraction of sp³-hybridized carbons (Fsp3) is 0.312. The Morgan fingerprint density at radius 3 is 2.68 bits per heavy atom. The number of aryl methyl sites for hydroxylation is 1. The number of anilines is 2. The number of nitrogens with zero attached hydrogens (tertiary/aromatic N) is 2. The van der Waals surface area contributed by atoms with Gasteiger partial charge in [0, 0.05) is 18.9 Å². The van der Waals surface area contributed by atoms with Crippen LogP contribution in [-0.4, -0.2) is 22.6 Å². The monoisotopic (exact) mass is 301 g/mol. The van der Waals surface area contributed by atoms with Gasteiger partial charge in [0.2, 0.25) is 0 Å². The van der Waals surface area contributed by atoms with Crippen LogP contribution in [0.15, 0.2) is 29.2 Å². The SMILES string of the molecule is CCc1c(C)cc(Nc2ccc(C(=O)OC)cn2)c(=O)n1C. The van der Waals surface area contributed by atoms with Crippen LogP contribution in [0.2, 0.25) is 0 Å². The largest absolute Gasteiger partial charge is 0.465 e. The Morgan fingerprint density at radius 2 is 2.14 bits per heavy atom. The molecule has 116 valence electrons. The van der Waals surface area contributed by atoms with E-state index < -0.39 is 5.97 Å². The molecule has 0 aliphatic heterocycles. The van der Waals surface area contributed by atoms with Crippen molar-refractivity contribution in [3.05, 3.63) is 51.6 Å². The van der Waals surface area contributed by atoms with Crippen molar-refractivity contribution >= 4 is 17.5 Å². The van der Waals surface area contributed by atoms with Gasteiger partial charge in [-0.1, -0.05) is 6.92 Å². The number of hydrogen-bond acceptors (Lipinski definition) is 5. The number of nitrogens with one attached hydrogen (secondary N) is 1. The van der Waals surface area contributed by atoms with Crippen molar-refractivity contribution in [1.82, 2.24) is 9.55 Å². The zero-order valence-corrected chi connectivity index (χ0v) is 13.1. The zero-order valence-electron chi connectivity index (χ0n) is 13.1. The number of carbonyl (C=O) groups excluding carboxylic acids is 1. The highest BCUT2D eigenvalue weighted by atomic mass is 16.5. The van der Waals surface area contributed by atoms with Crippen LogP contribution in [0.3, 0.4) is 0 Å². The number of pyridine rings is 2. The molecule has 0 saturated heterocycles. The first kappa shape index (κ1) is 15.8. The average Bonchev–Trinajstić information content (AvgIpc) is 2.53. The Hall–Kier alpha value is -2.63. The van der Waals surface area contributed by atoms with Crippen molar-refractivity contribution in [3.63, 3.8) is 0 Å². The summed E-state index contributed by atoms with van der Waals surface area (Å²) in [5.74, 6) is 0.0477. The Balaban J connectivity index is 2.32. The molecule has 0 spiro atoms. The lowest BCUT2D eigenvalue weighted by molar-refractivity contribution is 0.0600. The molecular weight excluding hydrogens is 282 g/mol. The van der Waals surface area contributed by atoms with Gasteiger partial charge in [0.1, 0.15) is 11.5 Å². The van der Waals surface area contributed by atoms with E-state index in [9.17, 15) is 9.59 Å². The predicted octanol–water partition coefficient (Wildman–Crippen LogP) is 2.18. The van der Waals surface area contributed by atoms with Crippen LogP contribution in [0, 0.1) is 6.92 Å². The first-order valence-electron chi connectivity index (χ1n) is 6.98. The van der Waals surface area contributed by atoms with Gasteiger partial charge in [-0.15, -0.1) is 0 Å².